The lowest BCUT2D eigenvalue weighted by molar-refractivity contribution is -0.149. The van der Waals surface area contributed by atoms with Crippen LogP contribution in [0, 0.1) is 0 Å². The van der Waals surface area contributed by atoms with Crippen LogP contribution in [0.1, 0.15) is 0 Å². The minimum Gasteiger partial charge on any atom is -0.482 e. The maximum Gasteiger partial charge on any atom is 0.344 e. The highest BCUT2D eigenvalue weighted by Gasteiger charge is 2.13. The molecule has 0 bridgehead atoms. The van der Waals surface area contributed by atoms with Gasteiger partial charge in [-0.1, -0.05) is 39.8 Å². The van der Waals surface area contributed by atoms with Crippen LogP contribution in [0.25, 0.3) is 0 Å². The maximum atomic E-state index is 12.5. The number of hydrogen-bond acceptors (Lipinski definition) is 5. The van der Waals surface area contributed by atoms with Crippen molar-refractivity contribution in [2.45, 2.75) is 10.7 Å². The Morgan fingerprint density at radius 3 is 2.46 bits per heavy atom. The summed E-state index contributed by atoms with van der Waals surface area (Å²) < 4.78 is 35.9. The molecule has 0 saturated carbocycles. The van der Waals surface area contributed by atoms with Crippen molar-refractivity contribution in [3.8, 4) is 5.75 Å². The minimum atomic E-state index is -2.61. The summed E-state index contributed by atoms with van der Waals surface area (Å²) in [5.74, 6) is -3.49. The van der Waals surface area contributed by atoms with Gasteiger partial charge in [-0.25, -0.2) is 4.79 Å². The van der Waals surface area contributed by atoms with Gasteiger partial charge in [-0.3, -0.25) is 4.79 Å². The summed E-state index contributed by atoms with van der Waals surface area (Å²) in [4.78, 5) is 23.7. The van der Waals surface area contributed by atoms with Gasteiger partial charge in [0.25, 0.3) is 11.7 Å². The molecule has 0 saturated heterocycles. The van der Waals surface area contributed by atoms with Crippen LogP contribution in [0.15, 0.2) is 57.9 Å². The molecule has 0 aliphatic rings. The molecule has 2 aromatic carbocycles. The Labute approximate surface area is 161 Å². The van der Waals surface area contributed by atoms with Crippen molar-refractivity contribution in [2.24, 2.45) is 0 Å². The fourth-order valence-electron chi connectivity index (χ4n) is 1.82. The molecule has 0 aromatic heterocycles. The van der Waals surface area contributed by atoms with Crippen molar-refractivity contribution in [1.82, 2.24) is 0 Å². The number of rotatable bonds is 8. The van der Waals surface area contributed by atoms with Crippen molar-refractivity contribution in [3.05, 3.63) is 53.0 Å². The number of carbonyl (C=O) groups is 2. The molecule has 5 nitrogen and oxygen atoms in total. The standard InChI is InChI=1S/C17H14BrF2NO4S/c18-11-5-7-12(8-6-11)24-10-16(23)25-9-15(22)21-13-3-1-2-4-14(13)26-17(19)20/h1-8,17H,9-10H2,(H,21,22). The molecule has 0 unspecified atom stereocenters. The van der Waals surface area contributed by atoms with E-state index in [0.29, 0.717) is 17.5 Å². The molecule has 0 aliphatic carbocycles. The van der Waals surface area contributed by atoms with E-state index in [1.807, 2.05) is 0 Å². The highest BCUT2D eigenvalue weighted by atomic mass is 79.9. The average Bonchev–Trinajstić information content (AvgIpc) is 2.61. The number of hydrogen-bond donors (Lipinski definition) is 1. The predicted octanol–water partition coefficient (Wildman–Crippen LogP) is 4.32. The van der Waals surface area contributed by atoms with Gasteiger partial charge in [-0.15, -0.1) is 0 Å². The molecule has 138 valence electrons. The summed E-state index contributed by atoms with van der Waals surface area (Å²) in [6.07, 6.45) is 0. The zero-order valence-electron chi connectivity index (χ0n) is 13.3. The molecule has 0 fully saturated rings. The summed E-state index contributed by atoms with van der Waals surface area (Å²) in [5.41, 5.74) is 0.227. The molecular weight excluding hydrogens is 432 g/mol. The first-order chi connectivity index (χ1) is 12.4. The number of esters is 1. The predicted molar refractivity (Wildman–Crippen MR) is 97.5 cm³/mol. The number of benzene rings is 2. The van der Waals surface area contributed by atoms with Gasteiger partial charge in [0.1, 0.15) is 5.75 Å². The first-order valence-corrected chi connectivity index (χ1v) is 8.99. The second-order valence-corrected chi connectivity index (χ2v) is 6.77. The van der Waals surface area contributed by atoms with Crippen LogP contribution in [0.3, 0.4) is 0 Å². The Morgan fingerprint density at radius 2 is 1.77 bits per heavy atom. The van der Waals surface area contributed by atoms with Crippen LogP contribution in [-0.2, 0) is 14.3 Å². The quantitative estimate of drug-likeness (QED) is 0.483. The Balaban J connectivity index is 1.78. The number of alkyl halides is 2. The third-order valence-electron chi connectivity index (χ3n) is 2.91. The van der Waals surface area contributed by atoms with Crippen molar-refractivity contribution in [1.29, 1.82) is 0 Å². The van der Waals surface area contributed by atoms with E-state index in [0.717, 1.165) is 4.47 Å². The summed E-state index contributed by atoms with van der Waals surface area (Å²) in [6.45, 7) is -0.900. The highest BCUT2D eigenvalue weighted by molar-refractivity contribution is 9.10. The zero-order chi connectivity index (χ0) is 18.9. The van der Waals surface area contributed by atoms with E-state index in [4.69, 9.17) is 9.47 Å². The van der Waals surface area contributed by atoms with E-state index in [1.165, 1.54) is 12.1 Å². The molecule has 0 atom stereocenters. The van der Waals surface area contributed by atoms with Crippen LogP contribution in [-0.4, -0.2) is 30.8 Å². The van der Waals surface area contributed by atoms with Gasteiger partial charge in [-0.2, -0.15) is 8.78 Å². The van der Waals surface area contributed by atoms with Gasteiger partial charge in [0, 0.05) is 9.37 Å². The van der Waals surface area contributed by atoms with E-state index in [1.54, 1.807) is 36.4 Å². The molecule has 2 aromatic rings. The average molecular weight is 446 g/mol. The summed E-state index contributed by atoms with van der Waals surface area (Å²) in [5, 5.41) is 2.43. The summed E-state index contributed by atoms with van der Waals surface area (Å²) >= 11 is 3.60. The van der Waals surface area contributed by atoms with E-state index in [9.17, 15) is 18.4 Å². The third kappa shape index (κ3) is 7.01. The van der Waals surface area contributed by atoms with Crippen LogP contribution in [0.2, 0.25) is 0 Å². The monoisotopic (exact) mass is 445 g/mol. The SMILES string of the molecule is O=C(COC(=O)COc1ccc(Br)cc1)Nc1ccccc1SC(F)F. The van der Waals surface area contributed by atoms with Crippen LogP contribution in [0.5, 0.6) is 5.75 Å². The lowest BCUT2D eigenvalue weighted by atomic mass is 10.3. The summed E-state index contributed by atoms with van der Waals surface area (Å²) in [7, 11) is 0. The third-order valence-corrected chi connectivity index (χ3v) is 4.23. The van der Waals surface area contributed by atoms with Crippen LogP contribution in [0.4, 0.5) is 14.5 Å². The normalized spacial score (nSPS) is 10.5. The van der Waals surface area contributed by atoms with Crippen molar-refractivity contribution in [3.63, 3.8) is 0 Å². The molecule has 0 radical (unpaired) electrons. The minimum absolute atomic E-state index is 0.223. The first-order valence-electron chi connectivity index (χ1n) is 7.31. The van der Waals surface area contributed by atoms with E-state index in [-0.39, 0.29) is 17.2 Å². The van der Waals surface area contributed by atoms with Crippen molar-refractivity contribution in [2.75, 3.05) is 18.5 Å². The van der Waals surface area contributed by atoms with Gasteiger partial charge in [0.05, 0.1) is 5.69 Å². The molecule has 9 heteroatoms. The van der Waals surface area contributed by atoms with E-state index < -0.39 is 24.2 Å². The highest BCUT2D eigenvalue weighted by Crippen LogP contribution is 2.31. The van der Waals surface area contributed by atoms with Gasteiger partial charge in [-0.05, 0) is 36.4 Å². The molecule has 0 aliphatic heterocycles. The molecule has 26 heavy (non-hydrogen) atoms. The number of amides is 1. The number of thioether (sulfide) groups is 1. The molecule has 0 spiro atoms. The van der Waals surface area contributed by atoms with Crippen molar-refractivity contribution < 1.29 is 27.8 Å². The number of carbonyl (C=O) groups excluding carboxylic acids is 2. The number of para-hydroxylation sites is 1. The lowest BCUT2D eigenvalue weighted by Gasteiger charge is -2.11. The Hall–Kier alpha value is -2.13. The second-order valence-electron chi connectivity index (χ2n) is 4.83. The molecule has 0 heterocycles. The maximum absolute atomic E-state index is 12.5. The largest absolute Gasteiger partial charge is 0.482 e. The first kappa shape index (κ1) is 20.2. The molecular formula is C17H14BrF2NO4S. The Kier molecular flexibility index (Phi) is 7.86. The zero-order valence-corrected chi connectivity index (χ0v) is 15.7. The topological polar surface area (TPSA) is 64.6 Å². The van der Waals surface area contributed by atoms with Crippen molar-refractivity contribution >= 4 is 45.3 Å². The lowest BCUT2D eigenvalue weighted by Crippen LogP contribution is -2.23. The molecule has 2 rings (SSSR count). The van der Waals surface area contributed by atoms with E-state index in [2.05, 4.69) is 21.2 Å². The van der Waals surface area contributed by atoms with Gasteiger partial charge in [0.2, 0.25) is 0 Å². The number of nitrogens with one attached hydrogen (secondary N) is 1. The fourth-order valence-corrected chi connectivity index (χ4v) is 2.68. The van der Waals surface area contributed by atoms with Gasteiger partial charge >= 0.3 is 5.97 Å². The molecule has 1 amide bonds. The second kappa shape index (κ2) is 10.1. The molecule has 1 N–H and O–H groups in total. The number of ether oxygens (including phenoxy) is 2. The summed E-state index contributed by atoms with van der Waals surface area (Å²) in [6, 6.07) is 13.0. The smallest absolute Gasteiger partial charge is 0.344 e. The number of anilines is 1. The van der Waals surface area contributed by atoms with E-state index >= 15 is 0 Å². The van der Waals surface area contributed by atoms with Gasteiger partial charge < -0.3 is 14.8 Å². The Bertz CT molecular complexity index is 759. The van der Waals surface area contributed by atoms with Crippen LogP contribution < -0.4 is 10.1 Å². The Morgan fingerprint density at radius 1 is 1.08 bits per heavy atom. The fraction of sp³-hybridized carbons (Fsp3) is 0.176. The number of halogens is 3. The van der Waals surface area contributed by atoms with Gasteiger partial charge in [0.15, 0.2) is 13.2 Å². The van der Waals surface area contributed by atoms with Crippen LogP contribution >= 0.6 is 27.7 Å².